The molecule has 0 N–H and O–H groups in total. The van der Waals surface area contributed by atoms with Crippen molar-refractivity contribution in [2.45, 2.75) is 93.4 Å². The van der Waals surface area contributed by atoms with Crippen molar-refractivity contribution in [3.63, 3.8) is 0 Å². The molecule has 3 heterocycles. The van der Waals surface area contributed by atoms with Crippen molar-refractivity contribution in [3.05, 3.63) is 114 Å². The molecule has 7 aromatic rings. The van der Waals surface area contributed by atoms with Crippen LogP contribution in [0.3, 0.4) is 0 Å². The smallest absolute Gasteiger partial charge is 0.144 e. The fraction of sp³-hybridized carbons (Fsp3) is 0.318. The lowest BCUT2D eigenvalue weighted by molar-refractivity contribution is 0.592. The van der Waals surface area contributed by atoms with Gasteiger partial charge in [-0.25, -0.2) is 4.98 Å². The first-order valence-corrected chi connectivity index (χ1v) is 18.4. The number of imidazole rings is 1. The van der Waals surface area contributed by atoms with Crippen molar-refractivity contribution in [2.24, 2.45) is 0 Å². The summed E-state index contributed by atoms with van der Waals surface area (Å²) in [4.78, 5) is 9.48. The van der Waals surface area contributed by atoms with Crippen LogP contribution in [0.1, 0.15) is 105 Å². The standard InChI is InChI=1S/C40H39N3S.2C2H6/c1-24(2)31-19-27(29-14-10-12-26-11-8-9-13-28(26)29)20-32(25(3)4)38(31)43-18-17-42-39(43)34-21-33-30-15-16-41-23-37(30)44-36(33)22-35(34)40(5,6)7;2*1-2/h8-25H,1-7H3;2*1-2H3. The van der Waals surface area contributed by atoms with Gasteiger partial charge in [0.1, 0.15) is 5.82 Å². The molecular formula is C44H51N3S. The van der Waals surface area contributed by atoms with Gasteiger partial charge < -0.3 is 0 Å². The van der Waals surface area contributed by atoms with Gasteiger partial charge in [-0.3, -0.25) is 9.55 Å². The van der Waals surface area contributed by atoms with Crippen LogP contribution in [0.2, 0.25) is 0 Å². The molecule has 4 aromatic carbocycles. The van der Waals surface area contributed by atoms with Crippen molar-refractivity contribution < 1.29 is 0 Å². The molecule has 0 radical (unpaired) electrons. The number of benzene rings is 4. The van der Waals surface area contributed by atoms with E-state index < -0.39 is 0 Å². The van der Waals surface area contributed by atoms with E-state index in [-0.39, 0.29) is 5.41 Å². The Hall–Kier alpha value is -4.28. The maximum atomic E-state index is 5.08. The van der Waals surface area contributed by atoms with Crippen LogP contribution in [0.4, 0.5) is 0 Å². The second kappa shape index (κ2) is 14.5. The van der Waals surface area contributed by atoms with Gasteiger partial charge in [0.15, 0.2) is 0 Å². The van der Waals surface area contributed by atoms with E-state index in [4.69, 9.17) is 4.98 Å². The maximum absolute atomic E-state index is 5.08. The van der Waals surface area contributed by atoms with Gasteiger partial charge in [0.25, 0.3) is 0 Å². The molecule has 7 rings (SSSR count). The monoisotopic (exact) mass is 653 g/mol. The van der Waals surface area contributed by atoms with Crippen LogP contribution in [0.15, 0.2) is 97.6 Å². The molecule has 0 fully saturated rings. The van der Waals surface area contributed by atoms with Crippen molar-refractivity contribution in [2.75, 3.05) is 0 Å². The van der Waals surface area contributed by atoms with Gasteiger partial charge in [0.05, 0.1) is 10.4 Å². The summed E-state index contributed by atoms with van der Waals surface area (Å²) in [7, 11) is 0. The van der Waals surface area contributed by atoms with Gasteiger partial charge in [-0.05, 0) is 86.2 Å². The molecule has 3 aromatic heterocycles. The Morgan fingerprint density at radius 2 is 1.33 bits per heavy atom. The van der Waals surface area contributed by atoms with Gasteiger partial charge in [-0.1, -0.05) is 119 Å². The number of rotatable bonds is 5. The third kappa shape index (κ3) is 6.43. The quantitative estimate of drug-likeness (QED) is 0.185. The van der Waals surface area contributed by atoms with E-state index in [1.54, 1.807) is 0 Å². The van der Waals surface area contributed by atoms with Crippen LogP contribution in [-0.2, 0) is 5.41 Å². The third-order valence-corrected chi connectivity index (χ3v) is 9.96. The summed E-state index contributed by atoms with van der Waals surface area (Å²) in [5.74, 6) is 1.64. The topological polar surface area (TPSA) is 30.7 Å². The highest BCUT2D eigenvalue weighted by molar-refractivity contribution is 7.25. The van der Waals surface area contributed by atoms with Crippen LogP contribution in [0.25, 0.3) is 59.1 Å². The van der Waals surface area contributed by atoms with E-state index in [2.05, 4.69) is 137 Å². The number of thiophene rings is 1. The fourth-order valence-electron chi connectivity index (χ4n) is 6.64. The summed E-state index contributed by atoms with van der Waals surface area (Å²) in [6, 6.07) is 27.1. The molecule has 48 heavy (non-hydrogen) atoms. The van der Waals surface area contributed by atoms with Crippen LogP contribution < -0.4 is 0 Å². The Kier molecular flexibility index (Phi) is 10.6. The molecule has 0 aliphatic rings. The summed E-state index contributed by atoms with van der Waals surface area (Å²) in [6.07, 6.45) is 8.01. The van der Waals surface area contributed by atoms with Crippen LogP contribution in [0, 0.1) is 0 Å². The second-order valence-corrected chi connectivity index (χ2v) is 14.7. The molecule has 4 heteroatoms. The SMILES string of the molecule is CC.CC.CC(C)c1cc(-c2cccc3ccccc23)cc(C(C)C)c1-n1ccnc1-c1cc2c(cc1C(C)(C)C)sc1cnccc12. The van der Waals surface area contributed by atoms with Crippen molar-refractivity contribution in [1.82, 2.24) is 14.5 Å². The number of aromatic nitrogens is 3. The molecule has 0 spiro atoms. The molecule has 0 bridgehead atoms. The minimum absolute atomic E-state index is 0.0608. The predicted molar refractivity (Wildman–Crippen MR) is 212 cm³/mol. The lowest BCUT2D eigenvalue weighted by Gasteiger charge is -2.26. The molecule has 0 saturated heterocycles. The zero-order valence-corrected chi connectivity index (χ0v) is 31.5. The minimum Gasteiger partial charge on any atom is -0.299 e. The van der Waals surface area contributed by atoms with E-state index in [1.807, 2.05) is 57.6 Å². The van der Waals surface area contributed by atoms with Crippen molar-refractivity contribution in [1.29, 1.82) is 0 Å². The average Bonchev–Trinajstić information content (AvgIpc) is 3.73. The lowest BCUT2D eigenvalue weighted by Crippen LogP contribution is -2.15. The zero-order valence-electron chi connectivity index (χ0n) is 30.6. The molecule has 0 unspecified atom stereocenters. The molecule has 0 atom stereocenters. The van der Waals surface area contributed by atoms with Crippen molar-refractivity contribution >= 4 is 42.3 Å². The van der Waals surface area contributed by atoms with E-state index in [0.29, 0.717) is 11.8 Å². The van der Waals surface area contributed by atoms with E-state index in [0.717, 1.165) is 5.82 Å². The first kappa shape index (κ1) is 35.0. The number of hydrogen-bond donors (Lipinski definition) is 0. The summed E-state index contributed by atoms with van der Waals surface area (Å²) >= 11 is 1.82. The Morgan fingerprint density at radius 3 is 2.00 bits per heavy atom. The van der Waals surface area contributed by atoms with Gasteiger partial charge >= 0.3 is 0 Å². The highest BCUT2D eigenvalue weighted by Gasteiger charge is 2.26. The Balaban J connectivity index is 0.00000109. The Morgan fingerprint density at radius 1 is 0.667 bits per heavy atom. The molecular weight excluding hydrogens is 603 g/mol. The molecule has 0 saturated carbocycles. The van der Waals surface area contributed by atoms with Gasteiger partial charge in [-0.15, -0.1) is 11.3 Å². The number of fused-ring (bicyclic) bond motifs is 4. The molecule has 0 amide bonds. The fourth-order valence-corrected chi connectivity index (χ4v) is 7.73. The number of hydrogen-bond acceptors (Lipinski definition) is 3. The first-order valence-electron chi connectivity index (χ1n) is 17.6. The second-order valence-electron chi connectivity index (χ2n) is 13.6. The summed E-state index contributed by atoms with van der Waals surface area (Å²) < 4.78 is 4.88. The maximum Gasteiger partial charge on any atom is 0.144 e. The van der Waals surface area contributed by atoms with E-state index in [1.165, 1.54) is 70.0 Å². The summed E-state index contributed by atoms with van der Waals surface area (Å²) in [5, 5.41) is 5.08. The number of nitrogens with zero attached hydrogens (tertiary/aromatic N) is 3. The Labute approximate surface area is 291 Å². The van der Waals surface area contributed by atoms with Gasteiger partial charge in [0.2, 0.25) is 0 Å². The highest BCUT2D eigenvalue weighted by Crippen LogP contribution is 2.44. The normalized spacial score (nSPS) is 11.6. The van der Waals surface area contributed by atoms with Crippen LogP contribution in [-0.4, -0.2) is 14.5 Å². The van der Waals surface area contributed by atoms with Crippen molar-refractivity contribution in [3.8, 4) is 28.2 Å². The third-order valence-electron chi connectivity index (χ3n) is 8.86. The first-order chi connectivity index (χ1) is 23.1. The van der Waals surface area contributed by atoms with E-state index >= 15 is 0 Å². The van der Waals surface area contributed by atoms with E-state index in [9.17, 15) is 0 Å². The average molecular weight is 654 g/mol. The largest absolute Gasteiger partial charge is 0.299 e. The zero-order chi connectivity index (χ0) is 34.7. The molecule has 3 nitrogen and oxygen atoms in total. The van der Waals surface area contributed by atoms with Crippen LogP contribution >= 0.6 is 11.3 Å². The lowest BCUT2D eigenvalue weighted by atomic mass is 9.82. The summed E-state index contributed by atoms with van der Waals surface area (Å²) in [6.45, 7) is 24.2. The van der Waals surface area contributed by atoms with Gasteiger partial charge in [-0.2, -0.15) is 0 Å². The Bertz CT molecular complexity index is 2140. The molecule has 0 aliphatic carbocycles. The van der Waals surface area contributed by atoms with Crippen LogP contribution in [0.5, 0.6) is 0 Å². The molecule has 0 aliphatic heterocycles. The minimum atomic E-state index is -0.0608. The molecule has 248 valence electrons. The predicted octanol–water partition coefficient (Wildman–Crippen LogP) is 13.7. The summed E-state index contributed by atoms with van der Waals surface area (Å²) in [5.41, 5.74) is 8.92. The van der Waals surface area contributed by atoms with Gasteiger partial charge in [0, 0.05) is 45.8 Å². The highest BCUT2D eigenvalue weighted by atomic mass is 32.1. The number of pyridine rings is 1.